The summed E-state index contributed by atoms with van der Waals surface area (Å²) in [5.41, 5.74) is 0.985. The topological polar surface area (TPSA) is 46.3 Å². The number of aliphatic hydroxyl groups is 1. The fourth-order valence-electron chi connectivity index (χ4n) is 1.53. The van der Waals surface area contributed by atoms with Gasteiger partial charge in [0.05, 0.1) is 19.2 Å². The van der Waals surface area contributed by atoms with Gasteiger partial charge in [0.1, 0.15) is 5.76 Å². The minimum Gasteiger partial charge on any atom is -0.445 e. The summed E-state index contributed by atoms with van der Waals surface area (Å²) in [5.74, 6) is 1.30. The van der Waals surface area contributed by atoms with Gasteiger partial charge >= 0.3 is 0 Å². The van der Waals surface area contributed by atoms with Crippen LogP contribution in [0.1, 0.15) is 30.1 Å². The van der Waals surface area contributed by atoms with E-state index in [4.69, 9.17) is 21.1 Å². The van der Waals surface area contributed by atoms with E-state index in [1.165, 1.54) is 0 Å². The first kappa shape index (κ1) is 12.1. The molecule has 0 aliphatic heterocycles. The zero-order chi connectivity index (χ0) is 12.3. The lowest BCUT2D eigenvalue weighted by molar-refractivity contribution is 0.255. The minimum absolute atomic E-state index is 0.0255. The van der Waals surface area contributed by atoms with E-state index in [0.717, 1.165) is 5.56 Å². The van der Waals surface area contributed by atoms with Gasteiger partial charge < -0.3 is 9.52 Å². The maximum Gasteiger partial charge on any atom is 0.198 e. The van der Waals surface area contributed by atoms with Gasteiger partial charge in [-0.3, -0.25) is 0 Å². The molecule has 17 heavy (non-hydrogen) atoms. The van der Waals surface area contributed by atoms with E-state index in [1.54, 1.807) is 6.20 Å². The zero-order valence-corrected chi connectivity index (χ0v) is 10.3. The second kappa shape index (κ2) is 5.34. The molecule has 0 radical (unpaired) electrons. The van der Waals surface area contributed by atoms with Crippen molar-refractivity contribution in [2.45, 2.75) is 19.3 Å². The first-order valence-electron chi connectivity index (χ1n) is 5.49. The Morgan fingerprint density at radius 2 is 2.18 bits per heavy atom. The number of oxazole rings is 1. The van der Waals surface area contributed by atoms with Crippen molar-refractivity contribution in [1.82, 2.24) is 4.98 Å². The van der Waals surface area contributed by atoms with E-state index in [1.807, 2.05) is 31.2 Å². The third-order valence-corrected chi connectivity index (χ3v) is 3.00. The number of nitrogens with zero attached hydrogens (tertiary/aromatic N) is 1. The van der Waals surface area contributed by atoms with Crippen molar-refractivity contribution in [3.05, 3.63) is 52.7 Å². The Morgan fingerprint density at radius 1 is 1.41 bits per heavy atom. The van der Waals surface area contributed by atoms with Gasteiger partial charge in [-0.05, 0) is 11.6 Å². The summed E-state index contributed by atoms with van der Waals surface area (Å²) in [7, 11) is 0. The van der Waals surface area contributed by atoms with E-state index in [9.17, 15) is 0 Å². The molecule has 90 valence electrons. The van der Waals surface area contributed by atoms with Crippen LogP contribution >= 0.6 is 11.6 Å². The number of hydrogen-bond acceptors (Lipinski definition) is 3. The maximum atomic E-state index is 9.02. The smallest absolute Gasteiger partial charge is 0.198 e. The lowest BCUT2D eigenvalue weighted by Gasteiger charge is -2.02. The summed E-state index contributed by atoms with van der Waals surface area (Å²) in [6.07, 6.45) is 2.23. The van der Waals surface area contributed by atoms with Gasteiger partial charge in [-0.25, -0.2) is 4.98 Å². The molecule has 0 aliphatic carbocycles. The third kappa shape index (κ3) is 2.87. The van der Waals surface area contributed by atoms with Crippen LogP contribution in [0.25, 0.3) is 0 Å². The lowest BCUT2D eigenvalue weighted by atomic mass is 10.1. The molecule has 3 nitrogen and oxygen atoms in total. The lowest BCUT2D eigenvalue weighted by Crippen LogP contribution is -1.96. The van der Waals surface area contributed by atoms with Crippen molar-refractivity contribution in [2.75, 3.05) is 6.61 Å². The third-order valence-electron chi connectivity index (χ3n) is 2.63. The fraction of sp³-hybridized carbons (Fsp3) is 0.308. The molecule has 0 saturated heterocycles. The van der Waals surface area contributed by atoms with Crippen molar-refractivity contribution < 1.29 is 9.52 Å². The van der Waals surface area contributed by atoms with Crippen molar-refractivity contribution in [3.8, 4) is 0 Å². The number of aliphatic hydroxyl groups excluding tert-OH is 1. The molecule has 0 amide bonds. The molecule has 1 aromatic heterocycles. The largest absolute Gasteiger partial charge is 0.445 e. The maximum absolute atomic E-state index is 9.02. The highest BCUT2D eigenvalue weighted by Gasteiger charge is 2.11. The molecular weight excluding hydrogens is 238 g/mol. The molecule has 4 heteroatoms. The van der Waals surface area contributed by atoms with Crippen molar-refractivity contribution >= 4 is 11.6 Å². The van der Waals surface area contributed by atoms with Gasteiger partial charge in [-0.1, -0.05) is 36.7 Å². The van der Waals surface area contributed by atoms with Crippen molar-refractivity contribution in [2.24, 2.45) is 0 Å². The summed E-state index contributed by atoms with van der Waals surface area (Å²) in [5, 5.41) is 9.73. The normalized spacial score (nSPS) is 12.6. The number of rotatable bonds is 4. The van der Waals surface area contributed by atoms with E-state index in [0.29, 0.717) is 23.1 Å². The molecule has 1 atom stereocenters. The van der Waals surface area contributed by atoms with Crippen LogP contribution in [0.15, 0.2) is 34.9 Å². The van der Waals surface area contributed by atoms with Crippen LogP contribution in [0.4, 0.5) is 0 Å². The second-order valence-electron chi connectivity index (χ2n) is 4.01. The van der Waals surface area contributed by atoms with E-state index in [2.05, 4.69) is 4.98 Å². The van der Waals surface area contributed by atoms with Gasteiger partial charge in [0.25, 0.3) is 0 Å². The number of halogens is 1. The number of aromatic nitrogens is 1. The minimum atomic E-state index is -0.0255. The van der Waals surface area contributed by atoms with Crippen LogP contribution in [-0.4, -0.2) is 16.7 Å². The molecule has 2 aromatic rings. The summed E-state index contributed by atoms with van der Waals surface area (Å²) >= 11 is 6.06. The van der Waals surface area contributed by atoms with Crippen LogP contribution in [0.2, 0.25) is 5.02 Å². The first-order chi connectivity index (χ1) is 8.20. The summed E-state index contributed by atoms with van der Waals surface area (Å²) < 4.78 is 5.57. The Labute approximate surface area is 105 Å². The standard InChI is InChI=1S/C13H14ClNO2/c1-9(8-16)12-7-15-13(17-12)6-10-4-2-3-5-11(10)14/h2-5,7,9,16H,6,8H2,1H3. The first-order valence-corrected chi connectivity index (χ1v) is 5.87. The highest BCUT2D eigenvalue weighted by atomic mass is 35.5. The Balaban J connectivity index is 2.14. The summed E-state index contributed by atoms with van der Waals surface area (Å²) in [6.45, 7) is 1.94. The molecule has 1 N–H and O–H groups in total. The Morgan fingerprint density at radius 3 is 2.88 bits per heavy atom. The number of hydrogen-bond donors (Lipinski definition) is 1. The van der Waals surface area contributed by atoms with Crippen LogP contribution in [-0.2, 0) is 6.42 Å². The summed E-state index contributed by atoms with van der Waals surface area (Å²) in [6, 6.07) is 7.61. The van der Waals surface area contributed by atoms with Gasteiger partial charge in [0.15, 0.2) is 5.89 Å². The molecule has 0 bridgehead atoms. The van der Waals surface area contributed by atoms with E-state index >= 15 is 0 Å². The quantitative estimate of drug-likeness (QED) is 0.909. The molecular formula is C13H14ClNO2. The average Bonchev–Trinajstić information content (AvgIpc) is 2.80. The van der Waals surface area contributed by atoms with Crippen LogP contribution in [0.5, 0.6) is 0 Å². The van der Waals surface area contributed by atoms with E-state index < -0.39 is 0 Å². The molecule has 0 aliphatic rings. The molecule has 1 aromatic carbocycles. The highest BCUT2D eigenvalue weighted by molar-refractivity contribution is 6.31. The van der Waals surface area contributed by atoms with Gasteiger partial charge in [0, 0.05) is 10.9 Å². The predicted molar refractivity (Wildman–Crippen MR) is 66.3 cm³/mol. The SMILES string of the molecule is CC(CO)c1cnc(Cc2ccccc2Cl)o1. The predicted octanol–water partition coefficient (Wildman–Crippen LogP) is 3.01. The molecule has 1 heterocycles. The van der Waals surface area contributed by atoms with Gasteiger partial charge in [-0.2, -0.15) is 0 Å². The Kier molecular flexibility index (Phi) is 3.82. The monoisotopic (exact) mass is 251 g/mol. The second-order valence-corrected chi connectivity index (χ2v) is 4.42. The zero-order valence-electron chi connectivity index (χ0n) is 9.56. The average molecular weight is 252 g/mol. The fourth-order valence-corrected chi connectivity index (χ4v) is 1.73. The number of benzene rings is 1. The Bertz CT molecular complexity index is 496. The van der Waals surface area contributed by atoms with Gasteiger partial charge in [-0.15, -0.1) is 0 Å². The summed E-state index contributed by atoms with van der Waals surface area (Å²) in [4.78, 5) is 4.19. The molecule has 1 unspecified atom stereocenters. The molecule has 0 spiro atoms. The Hall–Kier alpha value is -1.32. The van der Waals surface area contributed by atoms with Crippen LogP contribution in [0, 0.1) is 0 Å². The molecule has 0 fully saturated rings. The van der Waals surface area contributed by atoms with Gasteiger partial charge in [0.2, 0.25) is 0 Å². The van der Waals surface area contributed by atoms with Crippen molar-refractivity contribution in [1.29, 1.82) is 0 Å². The molecule has 2 rings (SSSR count). The van der Waals surface area contributed by atoms with Crippen LogP contribution < -0.4 is 0 Å². The van der Waals surface area contributed by atoms with Crippen LogP contribution in [0.3, 0.4) is 0 Å². The van der Waals surface area contributed by atoms with E-state index in [-0.39, 0.29) is 12.5 Å². The molecule has 0 saturated carbocycles. The van der Waals surface area contributed by atoms with Crippen molar-refractivity contribution in [3.63, 3.8) is 0 Å². The highest BCUT2D eigenvalue weighted by Crippen LogP contribution is 2.21.